The highest BCUT2D eigenvalue weighted by Gasteiger charge is 2.21. The van der Waals surface area contributed by atoms with Gasteiger partial charge in [0.05, 0.1) is 0 Å². The number of guanidine groups is 1. The molecule has 2 aromatic rings. The van der Waals surface area contributed by atoms with E-state index in [0.717, 1.165) is 16.8 Å². The molecule has 2 unspecified atom stereocenters. The van der Waals surface area contributed by atoms with E-state index in [9.17, 15) is 0 Å². The van der Waals surface area contributed by atoms with Crippen LogP contribution in [0.15, 0.2) is 33.8 Å². The van der Waals surface area contributed by atoms with E-state index in [1.807, 2.05) is 36.0 Å². The predicted molar refractivity (Wildman–Crippen MR) is 113 cm³/mol. The van der Waals surface area contributed by atoms with Crippen LogP contribution in [-0.2, 0) is 6.42 Å². The molecular formula is C19H26ClN5OS. The van der Waals surface area contributed by atoms with Crippen molar-refractivity contribution in [1.29, 1.82) is 0 Å². The van der Waals surface area contributed by atoms with Crippen LogP contribution in [0.5, 0.6) is 0 Å². The smallest absolute Gasteiger partial charge is 0.228 e. The fourth-order valence-electron chi connectivity index (χ4n) is 3.24. The molecule has 0 radical (unpaired) electrons. The van der Waals surface area contributed by atoms with Gasteiger partial charge in [0.25, 0.3) is 0 Å². The van der Waals surface area contributed by atoms with E-state index in [0.29, 0.717) is 35.7 Å². The Kier molecular flexibility index (Phi) is 7.41. The van der Waals surface area contributed by atoms with Gasteiger partial charge < -0.3 is 15.2 Å². The van der Waals surface area contributed by atoms with E-state index in [2.05, 4.69) is 32.0 Å². The predicted octanol–water partition coefficient (Wildman–Crippen LogP) is 3.77. The van der Waals surface area contributed by atoms with Gasteiger partial charge in [0, 0.05) is 41.9 Å². The molecule has 1 heterocycles. The first-order valence-electron chi connectivity index (χ1n) is 9.26. The van der Waals surface area contributed by atoms with Crippen LogP contribution < -0.4 is 10.6 Å². The van der Waals surface area contributed by atoms with Gasteiger partial charge in [-0.05, 0) is 49.8 Å². The first kappa shape index (κ1) is 20.0. The Hall–Kier alpha value is -1.73. The van der Waals surface area contributed by atoms with Crippen molar-refractivity contribution in [3.8, 4) is 11.4 Å². The first-order chi connectivity index (χ1) is 13.2. The Morgan fingerprint density at radius 1 is 1.33 bits per heavy atom. The van der Waals surface area contributed by atoms with Gasteiger partial charge >= 0.3 is 0 Å². The molecule has 2 N–H and O–H groups in total. The van der Waals surface area contributed by atoms with Crippen LogP contribution in [0, 0.1) is 0 Å². The molecule has 1 aliphatic rings. The highest BCUT2D eigenvalue weighted by atomic mass is 35.5. The van der Waals surface area contributed by atoms with E-state index in [1.54, 1.807) is 7.05 Å². The average Bonchev–Trinajstić information content (AvgIpc) is 3.16. The van der Waals surface area contributed by atoms with E-state index in [1.165, 1.54) is 25.7 Å². The molecule has 0 spiro atoms. The van der Waals surface area contributed by atoms with Gasteiger partial charge in [-0.25, -0.2) is 0 Å². The Balaban J connectivity index is 1.46. The summed E-state index contributed by atoms with van der Waals surface area (Å²) in [6, 6.07) is 7.89. The molecule has 1 fully saturated rings. The van der Waals surface area contributed by atoms with Crippen molar-refractivity contribution >= 4 is 29.3 Å². The summed E-state index contributed by atoms with van der Waals surface area (Å²) < 4.78 is 5.35. The molecule has 1 aromatic heterocycles. The van der Waals surface area contributed by atoms with Gasteiger partial charge in [-0.15, -0.1) is 0 Å². The van der Waals surface area contributed by atoms with Crippen LogP contribution in [-0.4, -0.2) is 47.2 Å². The fraction of sp³-hybridized carbons (Fsp3) is 0.526. The van der Waals surface area contributed by atoms with Gasteiger partial charge in [-0.3, -0.25) is 4.99 Å². The van der Waals surface area contributed by atoms with Crippen LogP contribution >= 0.6 is 23.4 Å². The number of benzene rings is 1. The zero-order valence-electron chi connectivity index (χ0n) is 15.7. The summed E-state index contributed by atoms with van der Waals surface area (Å²) in [4.78, 5) is 8.78. The molecule has 1 saturated carbocycles. The van der Waals surface area contributed by atoms with E-state index < -0.39 is 0 Å². The summed E-state index contributed by atoms with van der Waals surface area (Å²) in [6.45, 7) is 0.681. The number of halogens is 1. The molecule has 8 heteroatoms. The van der Waals surface area contributed by atoms with Crippen molar-refractivity contribution in [1.82, 2.24) is 20.8 Å². The maximum Gasteiger partial charge on any atom is 0.228 e. The number of aliphatic imine (C=N–C) groups is 1. The number of aromatic nitrogens is 2. The second-order valence-electron chi connectivity index (χ2n) is 6.63. The van der Waals surface area contributed by atoms with E-state index >= 15 is 0 Å². The Labute approximate surface area is 169 Å². The third kappa shape index (κ3) is 5.87. The lowest BCUT2D eigenvalue weighted by molar-refractivity contribution is 0.378. The number of rotatable bonds is 6. The normalized spacial score (nSPS) is 20.5. The van der Waals surface area contributed by atoms with Crippen molar-refractivity contribution in [2.75, 3.05) is 19.8 Å². The monoisotopic (exact) mass is 407 g/mol. The number of thioether (sulfide) groups is 1. The molecule has 1 aliphatic carbocycles. The maximum atomic E-state index is 5.91. The molecule has 0 aliphatic heterocycles. The molecule has 27 heavy (non-hydrogen) atoms. The minimum atomic E-state index is 0.488. The van der Waals surface area contributed by atoms with Crippen LogP contribution in [0.2, 0.25) is 5.02 Å². The summed E-state index contributed by atoms with van der Waals surface area (Å²) in [7, 11) is 1.80. The van der Waals surface area contributed by atoms with Crippen molar-refractivity contribution in [3.63, 3.8) is 0 Å². The largest absolute Gasteiger partial charge is 0.356 e. The average molecular weight is 408 g/mol. The van der Waals surface area contributed by atoms with Crippen LogP contribution in [0.25, 0.3) is 11.4 Å². The maximum absolute atomic E-state index is 5.91. The summed E-state index contributed by atoms with van der Waals surface area (Å²) >= 11 is 7.88. The minimum Gasteiger partial charge on any atom is -0.356 e. The molecule has 2 atom stereocenters. The van der Waals surface area contributed by atoms with E-state index in [4.69, 9.17) is 16.1 Å². The lowest BCUT2D eigenvalue weighted by Gasteiger charge is -2.29. The second-order valence-corrected chi connectivity index (χ2v) is 8.21. The van der Waals surface area contributed by atoms with Gasteiger partial charge in [0.1, 0.15) is 0 Å². The third-order valence-corrected chi connectivity index (χ3v) is 6.07. The topological polar surface area (TPSA) is 75.3 Å². The lowest BCUT2D eigenvalue weighted by Crippen LogP contribution is -2.46. The Bertz CT molecular complexity index is 749. The highest BCUT2D eigenvalue weighted by Crippen LogP contribution is 2.26. The number of hydrogen-bond acceptors (Lipinski definition) is 5. The van der Waals surface area contributed by atoms with Crippen LogP contribution in [0.4, 0.5) is 0 Å². The summed E-state index contributed by atoms with van der Waals surface area (Å²) in [5.74, 6) is 2.01. The summed E-state index contributed by atoms with van der Waals surface area (Å²) in [5, 5.41) is 12.4. The Morgan fingerprint density at radius 2 is 2.15 bits per heavy atom. The third-order valence-electron chi connectivity index (χ3n) is 4.73. The standard InChI is InChI=1S/C19H26ClN5OS/c1-21-19(23-15-4-3-5-16(12-15)27-2)22-11-10-17-24-18(25-26-17)13-6-8-14(20)9-7-13/h6-9,15-16H,3-5,10-12H2,1-2H3,(H2,21,22,23). The molecule has 3 rings (SSSR count). The minimum absolute atomic E-state index is 0.488. The van der Waals surface area contributed by atoms with Crippen molar-refractivity contribution in [2.45, 2.75) is 43.4 Å². The zero-order chi connectivity index (χ0) is 19.1. The van der Waals surface area contributed by atoms with Gasteiger partial charge in [0.15, 0.2) is 5.96 Å². The highest BCUT2D eigenvalue weighted by molar-refractivity contribution is 7.99. The van der Waals surface area contributed by atoms with Gasteiger partial charge in [-0.2, -0.15) is 16.7 Å². The SMILES string of the molecule is CN=C(NCCc1nc(-c2ccc(Cl)cc2)no1)NC1CCCC(SC)C1. The van der Waals surface area contributed by atoms with Crippen molar-refractivity contribution in [3.05, 3.63) is 35.2 Å². The number of hydrogen-bond donors (Lipinski definition) is 2. The van der Waals surface area contributed by atoms with E-state index in [-0.39, 0.29) is 0 Å². The van der Waals surface area contributed by atoms with Crippen LogP contribution in [0.1, 0.15) is 31.6 Å². The summed E-state index contributed by atoms with van der Waals surface area (Å²) in [6.07, 6.45) is 7.82. The quantitative estimate of drug-likeness (QED) is 0.560. The Morgan fingerprint density at radius 3 is 2.89 bits per heavy atom. The first-order valence-corrected chi connectivity index (χ1v) is 10.9. The second kappa shape index (κ2) is 9.99. The molecule has 0 amide bonds. The molecule has 0 saturated heterocycles. The summed E-state index contributed by atoms with van der Waals surface area (Å²) in [5.41, 5.74) is 0.889. The lowest BCUT2D eigenvalue weighted by atomic mass is 9.95. The van der Waals surface area contributed by atoms with Crippen LogP contribution in [0.3, 0.4) is 0 Å². The molecule has 1 aromatic carbocycles. The zero-order valence-corrected chi connectivity index (χ0v) is 17.3. The van der Waals surface area contributed by atoms with Gasteiger partial charge in [-0.1, -0.05) is 23.2 Å². The van der Waals surface area contributed by atoms with Crippen molar-refractivity contribution in [2.24, 2.45) is 4.99 Å². The number of nitrogens with zero attached hydrogens (tertiary/aromatic N) is 3. The molecule has 0 bridgehead atoms. The fourth-order valence-corrected chi connectivity index (χ4v) is 4.19. The van der Waals surface area contributed by atoms with Gasteiger partial charge in [0.2, 0.25) is 11.7 Å². The van der Waals surface area contributed by atoms with Crippen molar-refractivity contribution < 1.29 is 4.52 Å². The molecule has 146 valence electrons. The molecule has 6 nitrogen and oxygen atoms in total. The number of nitrogens with one attached hydrogen (secondary N) is 2. The molecular weight excluding hydrogens is 382 g/mol.